The van der Waals surface area contributed by atoms with E-state index in [1.165, 1.54) is 10.9 Å². The second-order valence-corrected chi connectivity index (χ2v) is 8.69. The Labute approximate surface area is 220 Å². The van der Waals surface area contributed by atoms with Gasteiger partial charge in [-0.15, -0.1) is 0 Å². The number of aryl methyl sites for hydroxylation is 1. The number of hydrazone groups is 1. The Morgan fingerprint density at radius 2 is 1.55 bits per heavy atom. The van der Waals surface area contributed by atoms with Crippen LogP contribution in [0.3, 0.4) is 0 Å². The van der Waals surface area contributed by atoms with Gasteiger partial charge in [-0.25, -0.2) is 10.1 Å². The number of nitrogens with one attached hydrogen (secondary N) is 3. The lowest BCUT2D eigenvalue weighted by Crippen LogP contribution is -2.33. The summed E-state index contributed by atoms with van der Waals surface area (Å²) in [5.74, 6) is -1.08. The Kier molecular flexibility index (Phi) is 7.98. The summed E-state index contributed by atoms with van der Waals surface area (Å²) in [6, 6.07) is 25.2. The van der Waals surface area contributed by atoms with Crippen LogP contribution < -0.4 is 21.2 Å². The van der Waals surface area contributed by atoms with Crippen LogP contribution >= 0.6 is 0 Å². The zero-order valence-corrected chi connectivity index (χ0v) is 21.3. The van der Waals surface area contributed by atoms with Crippen molar-refractivity contribution in [1.29, 1.82) is 0 Å². The van der Waals surface area contributed by atoms with Gasteiger partial charge in [-0.05, 0) is 55.0 Å². The number of aromatic nitrogens is 2. The summed E-state index contributed by atoms with van der Waals surface area (Å²) in [4.78, 5) is 40.7. The summed E-state index contributed by atoms with van der Waals surface area (Å²) in [7, 11) is 3.87. The van der Waals surface area contributed by atoms with Crippen LogP contribution in [0.1, 0.15) is 27.2 Å². The molecule has 0 radical (unpaired) electrons. The molecule has 9 heteroatoms. The summed E-state index contributed by atoms with van der Waals surface area (Å²) in [6.07, 6.45) is 2.85. The maximum Gasteiger partial charge on any atom is 0.287 e. The molecular formula is C29H28N6O3. The van der Waals surface area contributed by atoms with Gasteiger partial charge in [-0.3, -0.25) is 19.5 Å². The summed E-state index contributed by atoms with van der Waals surface area (Å²) in [5, 5.41) is 9.67. The monoisotopic (exact) mass is 508 g/mol. The SMILES string of the molecule is Cc1[nH]n(-c2ccccc2)c(=O)c1/C=N\NC(=O)/C(=C/c1ccc(N(C)C)cc1)NC(=O)c1ccccc1. The molecule has 0 aliphatic rings. The van der Waals surface area contributed by atoms with E-state index in [1.807, 2.05) is 61.5 Å². The molecule has 4 aromatic rings. The number of anilines is 1. The Morgan fingerprint density at radius 3 is 2.18 bits per heavy atom. The fraction of sp³-hybridized carbons (Fsp3) is 0.103. The van der Waals surface area contributed by atoms with Gasteiger partial charge in [-0.2, -0.15) is 5.10 Å². The standard InChI is InChI=1S/C29H28N6O3/c1-20-25(29(38)35(33-20)24-12-8-5-9-13-24)19-30-32-28(37)26(31-27(36)22-10-6-4-7-11-22)18-21-14-16-23(17-15-21)34(2)3/h4-19,33H,1-3H3,(H,31,36)(H,32,37)/b26-18-,30-19-. The van der Waals surface area contributed by atoms with Crippen molar-refractivity contribution in [3.63, 3.8) is 0 Å². The molecule has 4 rings (SSSR count). The van der Waals surface area contributed by atoms with E-state index in [2.05, 4.69) is 20.9 Å². The topological polar surface area (TPSA) is 112 Å². The fourth-order valence-corrected chi connectivity index (χ4v) is 3.66. The third-order valence-corrected chi connectivity index (χ3v) is 5.74. The molecule has 0 fully saturated rings. The minimum absolute atomic E-state index is 0.00101. The Balaban J connectivity index is 1.57. The molecule has 0 aliphatic carbocycles. The van der Waals surface area contributed by atoms with E-state index < -0.39 is 11.8 Å². The second kappa shape index (κ2) is 11.7. The number of para-hydroxylation sites is 1. The molecule has 9 nitrogen and oxygen atoms in total. The van der Waals surface area contributed by atoms with Crippen LogP contribution in [-0.4, -0.2) is 41.9 Å². The maximum atomic E-state index is 13.1. The van der Waals surface area contributed by atoms with E-state index in [1.54, 1.807) is 55.5 Å². The molecule has 1 aromatic heterocycles. The average Bonchev–Trinajstić information content (AvgIpc) is 3.22. The maximum absolute atomic E-state index is 13.1. The van der Waals surface area contributed by atoms with Gasteiger partial charge in [0.15, 0.2) is 0 Å². The molecule has 0 saturated heterocycles. The van der Waals surface area contributed by atoms with Crippen molar-refractivity contribution in [3.8, 4) is 5.69 Å². The number of rotatable bonds is 8. The molecular weight excluding hydrogens is 480 g/mol. The van der Waals surface area contributed by atoms with Crippen LogP contribution in [0.25, 0.3) is 11.8 Å². The number of nitrogens with zero attached hydrogens (tertiary/aromatic N) is 3. The lowest BCUT2D eigenvalue weighted by atomic mass is 10.1. The first-order valence-corrected chi connectivity index (χ1v) is 11.9. The van der Waals surface area contributed by atoms with Crippen molar-refractivity contribution >= 4 is 29.8 Å². The smallest absolute Gasteiger partial charge is 0.287 e. The minimum atomic E-state index is -0.640. The molecule has 3 aromatic carbocycles. The molecule has 1 heterocycles. The number of aromatic amines is 1. The van der Waals surface area contributed by atoms with Gasteiger partial charge in [0, 0.05) is 31.0 Å². The second-order valence-electron chi connectivity index (χ2n) is 8.69. The summed E-state index contributed by atoms with van der Waals surface area (Å²) >= 11 is 0. The van der Waals surface area contributed by atoms with E-state index in [0.717, 1.165) is 5.69 Å². The molecule has 2 amide bonds. The van der Waals surface area contributed by atoms with Crippen LogP contribution in [0.5, 0.6) is 0 Å². The number of benzene rings is 3. The number of amides is 2. The minimum Gasteiger partial charge on any atom is -0.378 e. The summed E-state index contributed by atoms with van der Waals surface area (Å²) in [5.41, 5.74) is 5.79. The summed E-state index contributed by atoms with van der Waals surface area (Å²) in [6.45, 7) is 1.74. The molecule has 192 valence electrons. The van der Waals surface area contributed by atoms with Gasteiger partial charge in [0.05, 0.1) is 17.5 Å². The third-order valence-electron chi connectivity index (χ3n) is 5.74. The molecule has 0 unspecified atom stereocenters. The highest BCUT2D eigenvalue weighted by Crippen LogP contribution is 2.15. The van der Waals surface area contributed by atoms with E-state index >= 15 is 0 Å². The molecule has 3 N–H and O–H groups in total. The fourth-order valence-electron chi connectivity index (χ4n) is 3.66. The first kappa shape index (κ1) is 25.9. The van der Waals surface area contributed by atoms with Crippen molar-refractivity contribution in [1.82, 2.24) is 20.5 Å². The van der Waals surface area contributed by atoms with E-state index in [0.29, 0.717) is 28.1 Å². The molecule has 38 heavy (non-hydrogen) atoms. The Morgan fingerprint density at radius 1 is 0.921 bits per heavy atom. The zero-order chi connectivity index (χ0) is 27.1. The van der Waals surface area contributed by atoms with Crippen LogP contribution in [0.2, 0.25) is 0 Å². The van der Waals surface area contributed by atoms with Crippen molar-refractivity contribution in [2.24, 2.45) is 5.10 Å². The summed E-state index contributed by atoms with van der Waals surface area (Å²) < 4.78 is 1.40. The predicted octanol–water partition coefficient (Wildman–Crippen LogP) is 3.46. The highest BCUT2D eigenvalue weighted by atomic mass is 16.2. The first-order valence-electron chi connectivity index (χ1n) is 11.9. The van der Waals surface area contributed by atoms with Crippen molar-refractivity contribution in [2.75, 3.05) is 19.0 Å². The average molecular weight is 509 g/mol. The normalized spacial score (nSPS) is 11.4. The first-order chi connectivity index (χ1) is 18.3. The lowest BCUT2D eigenvalue weighted by molar-refractivity contribution is -0.117. The predicted molar refractivity (Wildman–Crippen MR) is 150 cm³/mol. The van der Waals surface area contributed by atoms with Gasteiger partial charge < -0.3 is 10.2 Å². The lowest BCUT2D eigenvalue weighted by Gasteiger charge is -2.12. The highest BCUT2D eigenvalue weighted by Gasteiger charge is 2.15. The highest BCUT2D eigenvalue weighted by molar-refractivity contribution is 6.05. The van der Waals surface area contributed by atoms with E-state index in [9.17, 15) is 14.4 Å². The van der Waals surface area contributed by atoms with Gasteiger partial charge in [0.1, 0.15) is 5.70 Å². The molecule has 0 aliphatic heterocycles. The number of carbonyl (C=O) groups excluding carboxylic acids is 2. The van der Waals surface area contributed by atoms with Gasteiger partial charge in [-0.1, -0.05) is 48.5 Å². The number of carbonyl (C=O) groups is 2. The largest absolute Gasteiger partial charge is 0.378 e. The third kappa shape index (κ3) is 6.14. The van der Waals surface area contributed by atoms with E-state index in [-0.39, 0.29) is 11.3 Å². The van der Waals surface area contributed by atoms with Crippen LogP contribution in [-0.2, 0) is 4.79 Å². The molecule has 0 spiro atoms. The Bertz CT molecular complexity index is 1530. The Hall–Kier alpha value is -5.18. The molecule has 0 atom stereocenters. The van der Waals surface area contributed by atoms with Crippen molar-refractivity contribution in [3.05, 3.63) is 123 Å². The van der Waals surface area contributed by atoms with Crippen LogP contribution in [0.15, 0.2) is 101 Å². The van der Waals surface area contributed by atoms with Gasteiger partial charge in [0.2, 0.25) is 0 Å². The van der Waals surface area contributed by atoms with Crippen molar-refractivity contribution in [2.45, 2.75) is 6.92 Å². The molecule has 0 saturated carbocycles. The van der Waals surface area contributed by atoms with Gasteiger partial charge in [0.25, 0.3) is 17.4 Å². The number of hydrogen-bond donors (Lipinski definition) is 3. The number of hydrogen-bond acceptors (Lipinski definition) is 5. The van der Waals surface area contributed by atoms with Gasteiger partial charge >= 0.3 is 0 Å². The quantitative estimate of drug-likeness (QED) is 0.192. The van der Waals surface area contributed by atoms with Crippen LogP contribution in [0.4, 0.5) is 5.69 Å². The zero-order valence-electron chi connectivity index (χ0n) is 21.3. The van der Waals surface area contributed by atoms with E-state index in [4.69, 9.17) is 0 Å². The molecule has 0 bridgehead atoms. The number of H-pyrrole nitrogens is 1. The van der Waals surface area contributed by atoms with Crippen LogP contribution in [0, 0.1) is 6.92 Å². The van der Waals surface area contributed by atoms with Crippen molar-refractivity contribution < 1.29 is 9.59 Å².